The summed E-state index contributed by atoms with van der Waals surface area (Å²) in [6.07, 6.45) is 1.84. The van der Waals surface area contributed by atoms with Crippen LogP contribution in [0.4, 0.5) is 5.69 Å². The van der Waals surface area contributed by atoms with E-state index in [-0.39, 0.29) is 30.1 Å². The SMILES string of the molecule is N#Cc1ccc(NC(=O)CN(CC(=O)O)C2CC2)cc1Cl. The molecule has 0 aromatic heterocycles. The van der Waals surface area contributed by atoms with E-state index in [0.717, 1.165) is 12.8 Å². The van der Waals surface area contributed by atoms with Gasteiger partial charge in [-0.05, 0) is 31.0 Å². The minimum absolute atomic E-state index is 0.0224. The van der Waals surface area contributed by atoms with Crippen LogP contribution in [0.1, 0.15) is 18.4 Å². The van der Waals surface area contributed by atoms with Crippen LogP contribution < -0.4 is 5.32 Å². The van der Waals surface area contributed by atoms with E-state index in [4.69, 9.17) is 22.0 Å². The molecule has 1 aromatic rings. The van der Waals surface area contributed by atoms with Crippen molar-refractivity contribution < 1.29 is 14.7 Å². The minimum Gasteiger partial charge on any atom is -0.480 e. The van der Waals surface area contributed by atoms with Crippen molar-refractivity contribution in [1.29, 1.82) is 5.26 Å². The third-order valence-electron chi connectivity index (χ3n) is 3.12. The van der Waals surface area contributed by atoms with Gasteiger partial charge in [-0.2, -0.15) is 5.26 Å². The predicted octanol–water partition coefficient (Wildman–Crippen LogP) is 1.70. The van der Waals surface area contributed by atoms with Crippen molar-refractivity contribution in [3.63, 3.8) is 0 Å². The molecule has 0 heterocycles. The number of rotatable bonds is 6. The smallest absolute Gasteiger partial charge is 0.317 e. The summed E-state index contributed by atoms with van der Waals surface area (Å²) in [4.78, 5) is 24.4. The first kappa shape index (κ1) is 15.3. The Kier molecular flexibility index (Phi) is 4.78. The van der Waals surface area contributed by atoms with Gasteiger partial charge in [-0.15, -0.1) is 0 Å². The van der Waals surface area contributed by atoms with Crippen molar-refractivity contribution in [3.05, 3.63) is 28.8 Å². The van der Waals surface area contributed by atoms with Gasteiger partial charge in [-0.25, -0.2) is 0 Å². The van der Waals surface area contributed by atoms with Crippen molar-refractivity contribution in [2.45, 2.75) is 18.9 Å². The molecule has 1 aromatic carbocycles. The van der Waals surface area contributed by atoms with Crippen LogP contribution in [0, 0.1) is 11.3 Å². The molecule has 1 aliphatic rings. The number of amides is 1. The number of aliphatic carboxylic acids is 1. The lowest BCUT2D eigenvalue weighted by Gasteiger charge is -2.19. The van der Waals surface area contributed by atoms with Crippen molar-refractivity contribution in [3.8, 4) is 6.07 Å². The molecular weight excluding hydrogens is 294 g/mol. The topological polar surface area (TPSA) is 93.4 Å². The molecule has 21 heavy (non-hydrogen) atoms. The quantitative estimate of drug-likeness (QED) is 0.834. The van der Waals surface area contributed by atoms with Gasteiger partial charge in [0.05, 0.1) is 23.7 Å². The van der Waals surface area contributed by atoms with Crippen LogP contribution in [0.15, 0.2) is 18.2 Å². The molecule has 2 N–H and O–H groups in total. The molecule has 1 fully saturated rings. The van der Waals surface area contributed by atoms with Crippen LogP contribution in [0.3, 0.4) is 0 Å². The number of carboxylic acids is 1. The maximum atomic E-state index is 11.9. The number of hydrogen-bond acceptors (Lipinski definition) is 4. The number of carbonyl (C=O) groups excluding carboxylic acids is 1. The summed E-state index contributed by atoms with van der Waals surface area (Å²) in [6, 6.07) is 6.71. The lowest BCUT2D eigenvalue weighted by atomic mass is 10.2. The van der Waals surface area contributed by atoms with Gasteiger partial charge in [0.15, 0.2) is 0 Å². The molecule has 0 atom stereocenters. The van der Waals surface area contributed by atoms with E-state index in [9.17, 15) is 9.59 Å². The van der Waals surface area contributed by atoms with Gasteiger partial charge < -0.3 is 10.4 Å². The Morgan fingerprint density at radius 2 is 2.14 bits per heavy atom. The van der Waals surface area contributed by atoms with Crippen LogP contribution in [0.5, 0.6) is 0 Å². The standard InChI is InChI=1S/C14H14ClN3O3/c15-12-5-10(2-1-9(12)6-16)17-13(19)7-18(8-14(20)21)11-3-4-11/h1-2,5,11H,3-4,7-8H2,(H,17,19)(H,20,21). The van der Waals surface area contributed by atoms with Gasteiger partial charge in [-0.3, -0.25) is 14.5 Å². The number of carbonyl (C=O) groups is 2. The third kappa shape index (κ3) is 4.45. The van der Waals surface area contributed by atoms with E-state index >= 15 is 0 Å². The molecule has 0 bridgehead atoms. The second kappa shape index (κ2) is 6.57. The number of nitrogens with one attached hydrogen (secondary N) is 1. The second-order valence-electron chi connectivity index (χ2n) is 4.88. The zero-order valence-corrected chi connectivity index (χ0v) is 11.9. The zero-order chi connectivity index (χ0) is 15.4. The van der Waals surface area contributed by atoms with Crippen molar-refractivity contribution in [1.82, 2.24) is 4.90 Å². The molecule has 0 spiro atoms. The normalized spacial score (nSPS) is 13.8. The first-order valence-corrected chi connectivity index (χ1v) is 6.82. The van der Waals surface area contributed by atoms with Crippen LogP contribution >= 0.6 is 11.6 Å². The van der Waals surface area contributed by atoms with Gasteiger partial charge in [0.25, 0.3) is 0 Å². The molecule has 1 aliphatic carbocycles. The highest BCUT2D eigenvalue weighted by Gasteiger charge is 2.31. The number of halogens is 1. The van der Waals surface area contributed by atoms with E-state index < -0.39 is 5.97 Å². The summed E-state index contributed by atoms with van der Waals surface area (Å²) >= 11 is 5.89. The maximum Gasteiger partial charge on any atom is 0.317 e. The Morgan fingerprint density at radius 3 is 2.67 bits per heavy atom. The zero-order valence-electron chi connectivity index (χ0n) is 11.2. The number of carboxylic acid groups (broad SMARTS) is 1. The molecule has 0 unspecified atom stereocenters. The van der Waals surface area contributed by atoms with Gasteiger partial charge in [0.1, 0.15) is 6.07 Å². The Morgan fingerprint density at radius 1 is 1.43 bits per heavy atom. The molecular formula is C14H14ClN3O3. The minimum atomic E-state index is -0.948. The number of benzene rings is 1. The third-order valence-corrected chi connectivity index (χ3v) is 3.43. The fourth-order valence-electron chi connectivity index (χ4n) is 2.00. The van der Waals surface area contributed by atoms with Crippen LogP contribution in [-0.4, -0.2) is 41.0 Å². The first-order chi connectivity index (χ1) is 9.99. The maximum absolute atomic E-state index is 11.9. The average molecular weight is 308 g/mol. The van der Waals surface area contributed by atoms with Crippen molar-refractivity contribution in [2.75, 3.05) is 18.4 Å². The van der Waals surface area contributed by atoms with E-state index in [2.05, 4.69) is 5.32 Å². The van der Waals surface area contributed by atoms with Gasteiger partial charge in [-0.1, -0.05) is 11.6 Å². The molecule has 6 nitrogen and oxygen atoms in total. The molecule has 7 heteroatoms. The summed E-state index contributed by atoms with van der Waals surface area (Å²) in [5, 5.41) is 20.5. The Bertz CT molecular complexity index is 608. The lowest BCUT2D eigenvalue weighted by molar-refractivity contribution is -0.138. The van der Waals surface area contributed by atoms with Crippen LogP contribution in [-0.2, 0) is 9.59 Å². The Labute approximate surface area is 126 Å². The monoisotopic (exact) mass is 307 g/mol. The number of anilines is 1. The predicted molar refractivity (Wildman–Crippen MR) is 77.0 cm³/mol. The molecule has 1 saturated carbocycles. The van der Waals surface area contributed by atoms with Crippen LogP contribution in [0.25, 0.3) is 0 Å². The molecule has 0 radical (unpaired) electrons. The molecule has 1 amide bonds. The summed E-state index contributed by atoms with van der Waals surface area (Å²) in [5.74, 6) is -1.25. The molecule has 0 saturated heterocycles. The van der Waals surface area contributed by atoms with Gasteiger partial charge >= 0.3 is 5.97 Å². The van der Waals surface area contributed by atoms with E-state index in [0.29, 0.717) is 11.3 Å². The highest BCUT2D eigenvalue weighted by molar-refractivity contribution is 6.32. The number of hydrogen-bond donors (Lipinski definition) is 2. The summed E-state index contributed by atoms with van der Waals surface area (Å²) < 4.78 is 0. The summed E-state index contributed by atoms with van der Waals surface area (Å²) in [5.41, 5.74) is 0.815. The molecule has 2 rings (SSSR count). The Balaban J connectivity index is 1.96. The highest BCUT2D eigenvalue weighted by Crippen LogP contribution is 2.26. The van der Waals surface area contributed by atoms with Gasteiger partial charge in [0, 0.05) is 11.7 Å². The van der Waals surface area contributed by atoms with Gasteiger partial charge in [0.2, 0.25) is 5.91 Å². The van der Waals surface area contributed by atoms with E-state index in [1.807, 2.05) is 6.07 Å². The fraction of sp³-hybridized carbons (Fsp3) is 0.357. The highest BCUT2D eigenvalue weighted by atomic mass is 35.5. The van der Waals surface area contributed by atoms with Crippen LogP contribution in [0.2, 0.25) is 5.02 Å². The number of nitriles is 1. The summed E-state index contributed by atoms with van der Waals surface area (Å²) in [6.45, 7) is -0.124. The van der Waals surface area contributed by atoms with E-state index in [1.165, 1.54) is 12.1 Å². The lowest BCUT2D eigenvalue weighted by Crippen LogP contribution is -2.38. The number of nitrogens with zero attached hydrogens (tertiary/aromatic N) is 2. The van der Waals surface area contributed by atoms with Crippen molar-refractivity contribution in [2.24, 2.45) is 0 Å². The second-order valence-corrected chi connectivity index (χ2v) is 5.29. The summed E-state index contributed by atoms with van der Waals surface area (Å²) in [7, 11) is 0. The van der Waals surface area contributed by atoms with E-state index in [1.54, 1.807) is 11.0 Å². The average Bonchev–Trinajstić information content (AvgIpc) is 3.21. The fourth-order valence-corrected chi connectivity index (χ4v) is 2.22. The largest absolute Gasteiger partial charge is 0.480 e. The molecule has 0 aliphatic heterocycles. The Hall–Kier alpha value is -2.10. The first-order valence-electron chi connectivity index (χ1n) is 6.45. The van der Waals surface area contributed by atoms with Crippen molar-refractivity contribution >= 4 is 29.2 Å². The molecule has 110 valence electrons.